The Balaban J connectivity index is 1.48. The topological polar surface area (TPSA) is 0 Å². The maximum atomic E-state index is 5.89. The van der Waals surface area contributed by atoms with Gasteiger partial charge in [-0.3, -0.25) is 0 Å². The first-order valence-electron chi connectivity index (χ1n) is 6.38. The van der Waals surface area contributed by atoms with E-state index >= 15 is 0 Å². The van der Waals surface area contributed by atoms with Gasteiger partial charge in [0, 0.05) is 26.7 Å². The minimum atomic E-state index is 0.731. The van der Waals surface area contributed by atoms with Crippen LogP contribution in [0, 0.1) is 0 Å². The largest absolute Gasteiger partial charge is 0.156 e. The zero-order valence-electron chi connectivity index (χ0n) is 10.5. The Kier molecular flexibility index (Phi) is 4.42. The summed E-state index contributed by atoms with van der Waals surface area (Å²) in [5.74, 6) is 2.28. The molecule has 3 rings (SSSR count). The van der Waals surface area contributed by atoms with Crippen LogP contribution in [0.5, 0.6) is 0 Å². The van der Waals surface area contributed by atoms with E-state index < -0.39 is 0 Å². The van der Waals surface area contributed by atoms with E-state index in [1.54, 1.807) is 0 Å². The fourth-order valence-electron chi connectivity index (χ4n) is 2.24. The van der Waals surface area contributed by atoms with Crippen molar-refractivity contribution >= 4 is 35.1 Å². The van der Waals surface area contributed by atoms with Gasteiger partial charge in [0.15, 0.2) is 0 Å². The van der Waals surface area contributed by atoms with Gasteiger partial charge in [0.25, 0.3) is 0 Å². The second kappa shape index (κ2) is 6.25. The zero-order valence-corrected chi connectivity index (χ0v) is 12.9. The molecule has 3 heteroatoms. The molecule has 0 saturated carbocycles. The minimum absolute atomic E-state index is 0.731. The number of rotatable bonds is 4. The molecule has 0 saturated heterocycles. The van der Waals surface area contributed by atoms with Gasteiger partial charge in [0.2, 0.25) is 0 Å². The van der Waals surface area contributed by atoms with E-state index in [4.69, 9.17) is 11.6 Å². The molecule has 1 aliphatic heterocycles. The van der Waals surface area contributed by atoms with Crippen LogP contribution in [-0.4, -0.2) is 11.0 Å². The standard InChI is InChI=1S/C16H15ClS2/c17-14-7-5-12(6-8-14)10-18-11-15-9-13-3-1-2-4-16(13)19-15/h1-8,15H,9-11H2. The smallest absolute Gasteiger partial charge is 0.0406 e. The molecule has 0 aromatic heterocycles. The lowest BCUT2D eigenvalue weighted by molar-refractivity contribution is 0.970. The van der Waals surface area contributed by atoms with Crippen molar-refractivity contribution in [1.82, 2.24) is 0 Å². The molecule has 2 aromatic carbocycles. The first kappa shape index (κ1) is 13.4. The van der Waals surface area contributed by atoms with Crippen LogP contribution in [-0.2, 0) is 12.2 Å². The van der Waals surface area contributed by atoms with Crippen molar-refractivity contribution in [3.63, 3.8) is 0 Å². The summed E-state index contributed by atoms with van der Waals surface area (Å²) in [6.07, 6.45) is 1.22. The Morgan fingerprint density at radius 3 is 2.68 bits per heavy atom. The van der Waals surface area contributed by atoms with Crippen LogP contribution in [0.2, 0.25) is 5.02 Å². The number of hydrogen-bond donors (Lipinski definition) is 0. The molecule has 2 aromatic rings. The molecule has 1 aliphatic rings. The molecule has 0 bridgehead atoms. The van der Waals surface area contributed by atoms with Crippen molar-refractivity contribution in [2.45, 2.75) is 22.3 Å². The van der Waals surface area contributed by atoms with Crippen LogP contribution in [0.25, 0.3) is 0 Å². The molecule has 19 heavy (non-hydrogen) atoms. The fraction of sp³-hybridized carbons (Fsp3) is 0.250. The summed E-state index contributed by atoms with van der Waals surface area (Å²) in [6.45, 7) is 0. The number of benzene rings is 2. The Morgan fingerprint density at radius 2 is 1.89 bits per heavy atom. The number of fused-ring (bicyclic) bond motifs is 1. The summed E-state index contributed by atoms with van der Waals surface area (Å²) >= 11 is 9.94. The number of thioether (sulfide) groups is 2. The molecule has 0 amide bonds. The zero-order chi connectivity index (χ0) is 13.1. The first-order chi connectivity index (χ1) is 9.31. The van der Waals surface area contributed by atoms with Crippen molar-refractivity contribution < 1.29 is 0 Å². The third-order valence-electron chi connectivity index (χ3n) is 3.20. The van der Waals surface area contributed by atoms with E-state index in [0.717, 1.165) is 16.0 Å². The van der Waals surface area contributed by atoms with E-state index in [2.05, 4.69) is 36.4 Å². The summed E-state index contributed by atoms with van der Waals surface area (Å²) in [7, 11) is 0. The van der Waals surface area contributed by atoms with Gasteiger partial charge < -0.3 is 0 Å². The van der Waals surface area contributed by atoms with E-state index in [1.165, 1.54) is 28.2 Å². The van der Waals surface area contributed by atoms with Gasteiger partial charge in [0.05, 0.1) is 0 Å². The molecular formula is C16H15ClS2. The molecule has 1 heterocycles. The normalized spacial score (nSPS) is 17.4. The summed E-state index contributed by atoms with van der Waals surface area (Å²) < 4.78 is 0. The minimum Gasteiger partial charge on any atom is -0.156 e. The second-order valence-electron chi connectivity index (χ2n) is 4.69. The van der Waals surface area contributed by atoms with Gasteiger partial charge in [0.1, 0.15) is 0 Å². The van der Waals surface area contributed by atoms with Gasteiger partial charge in [-0.25, -0.2) is 0 Å². The molecule has 0 nitrogen and oxygen atoms in total. The van der Waals surface area contributed by atoms with E-state index in [9.17, 15) is 0 Å². The molecule has 0 fully saturated rings. The van der Waals surface area contributed by atoms with Crippen LogP contribution in [0.3, 0.4) is 0 Å². The Morgan fingerprint density at radius 1 is 1.11 bits per heavy atom. The molecule has 0 radical (unpaired) electrons. The maximum absolute atomic E-state index is 5.89. The van der Waals surface area contributed by atoms with E-state index in [1.807, 2.05) is 35.7 Å². The predicted octanol–water partition coefficient (Wildman–Crippen LogP) is 5.29. The Labute approximate surface area is 127 Å². The van der Waals surface area contributed by atoms with Crippen LogP contribution in [0.15, 0.2) is 53.4 Å². The van der Waals surface area contributed by atoms with Crippen molar-refractivity contribution in [2.24, 2.45) is 0 Å². The SMILES string of the molecule is Clc1ccc(CSCC2Cc3ccccc3S2)cc1. The van der Waals surface area contributed by atoms with Gasteiger partial charge in [-0.15, -0.1) is 11.8 Å². The van der Waals surface area contributed by atoms with Gasteiger partial charge >= 0.3 is 0 Å². The first-order valence-corrected chi connectivity index (χ1v) is 8.79. The third kappa shape index (κ3) is 3.50. The van der Waals surface area contributed by atoms with Crippen molar-refractivity contribution in [3.8, 4) is 0 Å². The average Bonchev–Trinajstić information content (AvgIpc) is 2.83. The molecule has 1 atom stereocenters. The number of hydrogen-bond acceptors (Lipinski definition) is 2. The van der Waals surface area contributed by atoms with Crippen LogP contribution in [0.4, 0.5) is 0 Å². The van der Waals surface area contributed by atoms with E-state index in [0.29, 0.717) is 0 Å². The lowest BCUT2D eigenvalue weighted by Crippen LogP contribution is -2.04. The quantitative estimate of drug-likeness (QED) is 0.752. The molecule has 0 spiro atoms. The maximum Gasteiger partial charge on any atom is 0.0406 e. The van der Waals surface area contributed by atoms with Crippen molar-refractivity contribution in [3.05, 3.63) is 64.7 Å². The highest BCUT2D eigenvalue weighted by atomic mass is 35.5. The van der Waals surface area contributed by atoms with E-state index in [-0.39, 0.29) is 0 Å². The summed E-state index contributed by atoms with van der Waals surface area (Å²) in [5.41, 5.74) is 2.87. The summed E-state index contributed by atoms with van der Waals surface area (Å²) in [4.78, 5) is 1.47. The third-order valence-corrected chi connectivity index (χ3v) is 6.16. The Hall–Kier alpha value is -0.570. The molecule has 0 aliphatic carbocycles. The molecular weight excluding hydrogens is 292 g/mol. The van der Waals surface area contributed by atoms with Crippen LogP contribution in [0.1, 0.15) is 11.1 Å². The van der Waals surface area contributed by atoms with Gasteiger partial charge in [-0.05, 0) is 35.7 Å². The predicted molar refractivity (Wildman–Crippen MR) is 87.4 cm³/mol. The summed E-state index contributed by atoms with van der Waals surface area (Å²) in [6, 6.07) is 16.9. The number of halogens is 1. The molecule has 98 valence electrons. The van der Waals surface area contributed by atoms with Crippen molar-refractivity contribution in [2.75, 3.05) is 5.75 Å². The highest BCUT2D eigenvalue weighted by molar-refractivity contribution is 8.03. The molecule has 1 unspecified atom stereocenters. The lowest BCUT2D eigenvalue weighted by Gasteiger charge is -2.08. The average molecular weight is 307 g/mol. The van der Waals surface area contributed by atoms with Gasteiger partial charge in [-0.2, -0.15) is 11.8 Å². The van der Waals surface area contributed by atoms with Crippen molar-refractivity contribution in [1.29, 1.82) is 0 Å². The highest BCUT2D eigenvalue weighted by Crippen LogP contribution is 2.38. The van der Waals surface area contributed by atoms with Crippen LogP contribution >= 0.6 is 35.1 Å². The monoisotopic (exact) mass is 306 g/mol. The fourth-order valence-corrected chi connectivity index (χ4v) is 4.93. The van der Waals surface area contributed by atoms with Crippen LogP contribution < -0.4 is 0 Å². The lowest BCUT2D eigenvalue weighted by atomic mass is 10.1. The second-order valence-corrected chi connectivity index (χ2v) is 7.50. The Bertz CT molecular complexity index is 526. The highest BCUT2D eigenvalue weighted by Gasteiger charge is 2.21. The van der Waals surface area contributed by atoms with Gasteiger partial charge in [-0.1, -0.05) is 41.9 Å². The molecule has 0 N–H and O–H groups in total. The summed E-state index contributed by atoms with van der Waals surface area (Å²) in [5, 5.41) is 1.55.